The van der Waals surface area contributed by atoms with Crippen LogP contribution in [0.4, 0.5) is 0 Å². The maximum absolute atomic E-state index is 10.8. The van der Waals surface area contributed by atoms with E-state index in [9.17, 15) is 5.11 Å². The van der Waals surface area contributed by atoms with Gasteiger partial charge in [-0.05, 0) is 39.8 Å². The van der Waals surface area contributed by atoms with Gasteiger partial charge in [0.05, 0.1) is 6.61 Å². The lowest BCUT2D eigenvalue weighted by molar-refractivity contribution is 0.217. The fourth-order valence-electron chi connectivity index (χ4n) is 2.97. The van der Waals surface area contributed by atoms with E-state index in [2.05, 4.69) is 32.9 Å². The molecule has 0 saturated carbocycles. The number of hydrogen-bond donors (Lipinski definition) is 1. The van der Waals surface area contributed by atoms with Crippen molar-refractivity contribution in [3.8, 4) is 5.75 Å². The molecule has 1 aliphatic rings. The second kappa shape index (κ2) is 5.19. The van der Waals surface area contributed by atoms with Gasteiger partial charge < -0.3 is 9.84 Å². The Bertz CT molecular complexity index is 653. The maximum atomic E-state index is 10.8. The number of ether oxygens (including phenoxy) is 1. The summed E-state index contributed by atoms with van der Waals surface area (Å²) < 4.78 is 5.54. The molecule has 1 atom stereocenters. The molecule has 1 aliphatic heterocycles. The van der Waals surface area contributed by atoms with E-state index in [0.29, 0.717) is 0 Å². The minimum Gasteiger partial charge on any atom is -0.493 e. The van der Waals surface area contributed by atoms with Crippen LogP contribution < -0.4 is 4.74 Å². The van der Waals surface area contributed by atoms with E-state index in [1.54, 1.807) is 0 Å². The van der Waals surface area contributed by atoms with Gasteiger partial charge in [0.1, 0.15) is 11.9 Å². The Morgan fingerprint density at radius 3 is 2.62 bits per heavy atom. The molecular weight excluding hydrogens is 260 g/mol. The smallest absolute Gasteiger partial charge is 0.122 e. The average molecular weight is 282 g/mol. The van der Waals surface area contributed by atoms with Crippen molar-refractivity contribution in [3.63, 3.8) is 0 Å². The van der Waals surface area contributed by atoms with Crippen molar-refractivity contribution in [1.29, 1.82) is 0 Å². The summed E-state index contributed by atoms with van der Waals surface area (Å²) in [5, 5.41) is 10.8. The van der Waals surface area contributed by atoms with Gasteiger partial charge in [0.2, 0.25) is 0 Å². The van der Waals surface area contributed by atoms with Crippen LogP contribution in [0.3, 0.4) is 0 Å². The number of aliphatic hydroxyl groups is 1. The van der Waals surface area contributed by atoms with Crippen LogP contribution in [0.2, 0.25) is 0 Å². The van der Waals surface area contributed by atoms with Crippen LogP contribution in [-0.2, 0) is 11.8 Å². The first-order chi connectivity index (χ1) is 9.97. The zero-order valence-electron chi connectivity index (χ0n) is 12.9. The monoisotopic (exact) mass is 282 g/mol. The molecule has 0 bridgehead atoms. The summed E-state index contributed by atoms with van der Waals surface area (Å²) in [6.45, 7) is 7.27. The lowest BCUT2D eigenvalue weighted by atomic mass is 9.81. The van der Waals surface area contributed by atoms with E-state index in [4.69, 9.17) is 4.74 Å². The summed E-state index contributed by atoms with van der Waals surface area (Å²) in [6.07, 6.45) is 0.336. The summed E-state index contributed by atoms with van der Waals surface area (Å²) in [4.78, 5) is 0. The summed E-state index contributed by atoms with van der Waals surface area (Å²) in [5.74, 6) is 0.954. The van der Waals surface area contributed by atoms with Gasteiger partial charge in [0, 0.05) is 6.42 Å². The van der Waals surface area contributed by atoms with E-state index in [1.165, 1.54) is 11.1 Å². The molecule has 3 rings (SSSR count). The van der Waals surface area contributed by atoms with Gasteiger partial charge in [-0.15, -0.1) is 0 Å². The highest BCUT2D eigenvalue weighted by molar-refractivity contribution is 5.45. The highest BCUT2D eigenvalue weighted by Crippen LogP contribution is 2.35. The Hall–Kier alpha value is -1.80. The molecule has 0 fully saturated rings. The Kier molecular flexibility index (Phi) is 3.50. The van der Waals surface area contributed by atoms with Crippen molar-refractivity contribution >= 4 is 0 Å². The highest BCUT2D eigenvalue weighted by Gasteiger charge is 2.23. The third-order valence-electron chi connectivity index (χ3n) is 4.09. The second-order valence-electron chi connectivity index (χ2n) is 6.71. The van der Waals surface area contributed by atoms with E-state index >= 15 is 0 Å². The molecule has 1 N–H and O–H groups in total. The third kappa shape index (κ3) is 2.68. The molecule has 0 saturated heterocycles. The topological polar surface area (TPSA) is 29.5 Å². The normalized spacial score (nSPS) is 15.4. The van der Waals surface area contributed by atoms with Crippen molar-refractivity contribution in [3.05, 3.63) is 64.7 Å². The van der Waals surface area contributed by atoms with Gasteiger partial charge in [-0.1, -0.05) is 51.1 Å². The minimum atomic E-state index is -0.591. The van der Waals surface area contributed by atoms with Gasteiger partial charge in [-0.25, -0.2) is 0 Å². The van der Waals surface area contributed by atoms with Crippen molar-refractivity contribution in [2.75, 3.05) is 6.61 Å². The van der Waals surface area contributed by atoms with Crippen molar-refractivity contribution in [1.82, 2.24) is 0 Å². The fraction of sp³-hybridized carbons (Fsp3) is 0.368. The number of hydrogen-bond acceptors (Lipinski definition) is 2. The summed E-state index contributed by atoms with van der Waals surface area (Å²) in [6, 6.07) is 14.2. The Balaban J connectivity index is 2.01. The van der Waals surface area contributed by atoms with Crippen LogP contribution >= 0.6 is 0 Å². The van der Waals surface area contributed by atoms with Gasteiger partial charge in [0.25, 0.3) is 0 Å². The van der Waals surface area contributed by atoms with Crippen molar-refractivity contribution in [2.24, 2.45) is 0 Å². The number of fused-ring (bicyclic) bond motifs is 1. The lowest BCUT2D eigenvalue weighted by Gasteiger charge is -2.25. The van der Waals surface area contributed by atoms with Crippen LogP contribution in [-0.4, -0.2) is 11.7 Å². The molecule has 21 heavy (non-hydrogen) atoms. The molecule has 1 heterocycles. The Morgan fingerprint density at radius 1 is 1.10 bits per heavy atom. The first-order valence-corrected chi connectivity index (χ1v) is 7.50. The molecule has 1 unspecified atom stereocenters. The summed E-state index contributed by atoms with van der Waals surface area (Å²) in [7, 11) is 0. The zero-order chi connectivity index (χ0) is 15.0. The van der Waals surface area contributed by atoms with E-state index < -0.39 is 6.10 Å². The molecular formula is C19H22O2. The van der Waals surface area contributed by atoms with Crippen LogP contribution in [0.5, 0.6) is 5.75 Å². The summed E-state index contributed by atoms with van der Waals surface area (Å²) in [5.41, 5.74) is 4.33. The molecule has 2 heteroatoms. The average Bonchev–Trinajstić information content (AvgIpc) is 2.93. The van der Waals surface area contributed by atoms with Crippen LogP contribution in [0.15, 0.2) is 42.5 Å². The molecule has 0 radical (unpaired) electrons. The van der Waals surface area contributed by atoms with Crippen LogP contribution in [0.25, 0.3) is 0 Å². The van der Waals surface area contributed by atoms with Gasteiger partial charge in [-0.3, -0.25) is 0 Å². The third-order valence-corrected chi connectivity index (χ3v) is 4.09. The molecule has 0 aromatic heterocycles. The zero-order valence-corrected chi connectivity index (χ0v) is 12.9. The minimum absolute atomic E-state index is 0.0113. The molecule has 110 valence electrons. The number of rotatable bonds is 2. The standard InChI is InChI=1S/C19H22O2/c1-19(2,3)16-7-5-4-6-15(16)18(20)14-8-9-17-13(12-14)10-11-21-17/h4-9,12,18,20H,10-11H2,1-3H3. The second-order valence-corrected chi connectivity index (χ2v) is 6.71. The number of benzene rings is 2. The number of aliphatic hydroxyl groups excluding tert-OH is 1. The Morgan fingerprint density at radius 2 is 1.86 bits per heavy atom. The van der Waals surface area contributed by atoms with Crippen LogP contribution in [0, 0.1) is 0 Å². The Labute approximate surface area is 126 Å². The van der Waals surface area contributed by atoms with Crippen LogP contribution in [0.1, 0.15) is 49.1 Å². The summed E-state index contributed by atoms with van der Waals surface area (Å²) >= 11 is 0. The van der Waals surface area contributed by atoms with Crippen molar-refractivity contribution < 1.29 is 9.84 Å². The fourth-order valence-corrected chi connectivity index (χ4v) is 2.97. The van der Waals surface area contributed by atoms with E-state index in [0.717, 1.165) is 29.9 Å². The van der Waals surface area contributed by atoms with E-state index in [1.807, 2.05) is 30.3 Å². The molecule has 2 aromatic carbocycles. The lowest BCUT2D eigenvalue weighted by Crippen LogP contribution is -2.16. The predicted octanol–water partition coefficient (Wildman–Crippen LogP) is 4.00. The SMILES string of the molecule is CC(C)(C)c1ccccc1C(O)c1ccc2c(c1)CCO2. The molecule has 2 nitrogen and oxygen atoms in total. The van der Waals surface area contributed by atoms with Crippen molar-refractivity contribution in [2.45, 2.75) is 38.7 Å². The van der Waals surface area contributed by atoms with Gasteiger partial charge >= 0.3 is 0 Å². The quantitative estimate of drug-likeness (QED) is 0.902. The molecule has 0 spiro atoms. The van der Waals surface area contributed by atoms with Gasteiger partial charge in [-0.2, -0.15) is 0 Å². The van der Waals surface area contributed by atoms with E-state index in [-0.39, 0.29) is 5.41 Å². The maximum Gasteiger partial charge on any atom is 0.122 e. The predicted molar refractivity (Wildman–Crippen MR) is 84.8 cm³/mol. The van der Waals surface area contributed by atoms with Gasteiger partial charge in [0.15, 0.2) is 0 Å². The first-order valence-electron chi connectivity index (χ1n) is 7.50. The highest BCUT2D eigenvalue weighted by atomic mass is 16.5. The molecule has 2 aromatic rings. The first kappa shape index (κ1) is 14.2. The molecule has 0 aliphatic carbocycles. The largest absolute Gasteiger partial charge is 0.493 e. The molecule has 0 amide bonds.